The van der Waals surface area contributed by atoms with E-state index in [1.807, 2.05) is 43.4 Å². The van der Waals surface area contributed by atoms with E-state index in [0.29, 0.717) is 18.0 Å². The fourth-order valence-electron chi connectivity index (χ4n) is 2.55. The van der Waals surface area contributed by atoms with E-state index in [4.69, 9.17) is 0 Å². The van der Waals surface area contributed by atoms with Crippen molar-refractivity contribution >= 4 is 16.9 Å². The Kier molecular flexibility index (Phi) is 3.23. The Morgan fingerprint density at radius 1 is 1.09 bits per heavy atom. The van der Waals surface area contributed by atoms with Crippen LogP contribution in [0.25, 0.3) is 22.6 Å². The topological polar surface area (TPSA) is 86.4 Å². The number of pyridine rings is 1. The number of anilines is 1. The van der Waals surface area contributed by atoms with Gasteiger partial charge in [-0.1, -0.05) is 30.3 Å². The third kappa shape index (κ3) is 2.52. The third-order valence-electron chi connectivity index (χ3n) is 3.67. The zero-order valence-electron chi connectivity index (χ0n) is 12.6. The van der Waals surface area contributed by atoms with Crippen LogP contribution in [0.15, 0.2) is 48.9 Å². The number of H-pyrrole nitrogens is 2. The SMILES string of the molecule is CN(Cc1nc(-c2ccccc2)n[nH]1)c1ccnc2nc[nH]c12. The van der Waals surface area contributed by atoms with E-state index in [0.717, 1.165) is 22.6 Å². The van der Waals surface area contributed by atoms with Crippen molar-refractivity contribution in [3.05, 3.63) is 54.7 Å². The van der Waals surface area contributed by atoms with E-state index in [1.54, 1.807) is 12.5 Å². The summed E-state index contributed by atoms with van der Waals surface area (Å²) in [6.45, 7) is 0.609. The molecule has 0 unspecified atom stereocenters. The molecule has 2 N–H and O–H groups in total. The fraction of sp³-hybridized carbons (Fsp3) is 0.125. The molecule has 1 aromatic carbocycles. The van der Waals surface area contributed by atoms with Crippen LogP contribution < -0.4 is 4.90 Å². The summed E-state index contributed by atoms with van der Waals surface area (Å²) in [7, 11) is 2.00. The maximum atomic E-state index is 4.56. The van der Waals surface area contributed by atoms with Crippen molar-refractivity contribution in [2.75, 3.05) is 11.9 Å². The van der Waals surface area contributed by atoms with E-state index in [2.05, 4.69) is 35.0 Å². The number of fused-ring (bicyclic) bond motifs is 1. The van der Waals surface area contributed by atoms with E-state index in [-0.39, 0.29) is 0 Å². The van der Waals surface area contributed by atoms with Crippen molar-refractivity contribution < 1.29 is 0 Å². The number of hydrogen-bond donors (Lipinski definition) is 2. The molecule has 4 aromatic rings. The second-order valence-corrected chi connectivity index (χ2v) is 5.26. The highest BCUT2D eigenvalue weighted by molar-refractivity contribution is 5.85. The van der Waals surface area contributed by atoms with Crippen LogP contribution in [0.5, 0.6) is 0 Å². The predicted octanol–water partition coefficient (Wildman–Crippen LogP) is 2.38. The molecule has 0 aliphatic rings. The first-order chi connectivity index (χ1) is 11.3. The largest absolute Gasteiger partial charge is 0.365 e. The molecule has 0 fully saturated rings. The summed E-state index contributed by atoms with van der Waals surface area (Å²) in [5.41, 5.74) is 3.64. The Morgan fingerprint density at radius 2 is 1.96 bits per heavy atom. The quantitative estimate of drug-likeness (QED) is 0.604. The molecule has 0 aliphatic heterocycles. The van der Waals surface area contributed by atoms with Crippen molar-refractivity contribution in [3.63, 3.8) is 0 Å². The number of imidazole rings is 1. The van der Waals surface area contributed by atoms with Crippen LogP contribution in [-0.2, 0) is 6.54 Å². The number of nitrogens with zero attached hydrogens (tertiary/aromatic N) is 5. The standard InChI is InChI=1S/C16H15N7/c1-23(12-7-8-17-16-14(12)18-10-19-16)9-13-20-15(22-21-13)11-5-3-2-4-6-11/h2-8,10H,9H2,1H3,(H,17,18,19)(H,20,21,22). The molecule has 7 heteroatoms. The van der Waals surface area contributed by atoms with E-state index in [9.17, 15) is 0 Å². The molecule has 114 valence electrons. The summed E-state index contributed by atoms with van der Waals surface area (Å²) in [4.78, 5) is 18.2. The van der Waals surface area contributed by atoms with Gasteiger partial charge in [-0.05, 0) is 6.07 Å². The van der Waals surface area contributed by atoms with Gasteiger partial charge in [0.25, 0.3) is 0 Å². The first-order valence-electron chi connectivity index (χ1n) is 7.27. The zero-order chi connectivity index (χ0) is 15.6. The van der Waals surface area contributed by atoms with Crippen LogP contribution in [0, 0.1) is 0 Å². The summed E-state index contributed by atoms with van der Waals surface area (Å²) < 4.78 is 0. The first kappa shape index (κ1) is 13.4. The van der Waals surface area contributed by atoms with Gasteiger partial charge in [-0.3, -0.25) is 5.10 Å². The second-order valence-electron chi connectivity index (χ2n) is 5.26. The van der Waals surface area contributed by atoms with Gasteiger partial charge in [0.05, 0.1) is 18.6 Å². The Bertz CT molecular complexity index is 926. The van der Waals surface area contributed by atoms with Gasteiger partial charge in [0.1, 0.15) is 11.3 Å². The average molecular weight is 305 g/mol. The van der Waals surface area contributed by atoms with Crippen molar-refractivity contribution in [1.82, 2.24) is 30.1 Å². The zero-order valence-corrected chi connectivity index (χ0v) is 12.6. The Morgan fingerprint density at radius 3 is 2.83 bits per heavy atom. The Hall–Kier alpha value is -3.22. The lowest BCUT2D eigenvalue weighted by atomic mass is 10.2. The first-order valence-corrected chi connectivity index (χ1v) is 7.27. The van der Waals surface area contributed by atoms with Crippen LogP contribution in [0.2, 0.25) is 0 Å². The summed E-state index contributed by atoms with van der Waals surface area (Å²) in [6, 6.07) is 11.9. The molecule has 4 rings (SSSR count). The van der Waals surface area contributed by atoms with Gasteiger partial charge < -0.3 is 9.88 Å². The Labute approximate surface area is 132 Å². The van der Waals surface area contributed by atoms with E-state index in [1.165, 1.54) is 0 Å². The van der Waals surface area contributed by atoms with Crippen molar-refractivity contribution in [2.24, 2.45) is 0 Å². The van der Waals surface area contributed by atoms with Crippen LogP contribution in [0.1, 0.15) is 5.82 Å². The average Bonchev–Trinajstić information content (AvgIpc) is 3.24. The normalized spacial score (nSPS) is 11.0. The van der Waals surface area contributed by atoms with E-state index < -0.39 is 0 Å². The summed E-state index contributed by atoms with van der Waals surface area (Å²) in [6.07, 6.45) is 3.40. The number of nitrogens with one attached hydrogen (secondary N) is 2. The smallest absolute Gasteiger partial charge is 0.181 e. The molecular formula is C16H15N7. The molecular weight excluding hydrogens is 290 g/mol. The number of aromatic amines is 2. The monoisotopic (exact) mass is 305 g/mol. The molecule has 7 nitrogen and oxygen atoms in total. The van der Waals surface area contributed by atoms with Gasteiger partial charge in [0.2, 0.25) is 0 Å². The summed E-state index contributed by atoms with van der Waals surface area (Å²) in [5.74, 6) is 1.51. The maximum Gasteiger partial charge on any atom is 0.181 e. The summed E-state index contributed by atoms with van der Waals surface area (Å²) in [5, 5.41) is 7.29. The molecule has 23 heavy (non-hydrogen) atoms. The molecule has 0 amide bonds. The van der Waals surface area contributed by atoms with Crippen LogP contribution >= 0.6 is 0 Å². The minimum absolute atomic E-state index is 0.609. The molecule has 0 bridgehead atoms. The van der Waals surface area contributed by atoms with Crippen LogP contribution in [-0.4, -0.2) is 37.2 Å². The van der Waals surface area contributed by atoms with Gasteiger partial charge >= 0.3 is 0 Å². The van der Waals surface area contributed by atoms with Gasteiger partial charge in [-0.15, -0.1) is 0 Å². The Balaban J connectivity index is 1.59. The molecule has 0 spiro atoms. The summed E-state index contributed by atoms with van der Waals surface area (Å²) >= 11 is 0. The predicted molar refractivity (Wildman–Crippen MR) is 87.8 cm³/mol. The lowest BCUT2D eigenvalue weighted by Crippen LogP contribution is -2.17. The fourth-order valence-corrected chi connectivity index (χ4v) is 2.55. The highest BCUT2D eigenvalue weighted by Crippen LogP contribution is 2.22. The van der Waals surface area contributed by atoms with Gasteiger partial charge in [0, 0.05) is 18.8 Å². The van der Waals surface area contributed by atoms with Crippen LogP contribution in [0.3, 0.4) is 0 Å². The number of hydrogen-bond acceptors (Lipinski definition) is 5. The number of rotatable bonds is 4. The lowest BCUT2D eigenvalue weighted by molar-refractivity contribution is 0.845. The van der Waals surface area contributed by atoms with Crippen molar-refractivity contribution in [3.8, 4) is 11.4 Å². The third-order valence-corrected chi connectivity index (χ3v) is 3.67. The number of benzene rings is 1. The highest BCUT2D eigenvalue weighted by Gasteiger charge is 2.12. The molecule has 0 radical (unpaired) electrons. The van der Waals surface area contributed by atoms with Gasteiger partial charge in [-0.25, -0.2) is 15.0 Å². The molecule has 0 atom stereocenters. The molecule has 0 saturated carbocycles. The van der Waals surface area contributed by atoms with Gasteiger partial charge in [-0.2, -0.15) is 5.10 Å². The van der Waals surface area contributed by atoms with Crippen molar-refractivity contribution in [1.29, 1.82) is 0 Å². The lowest BCUT2D eigenvalue weighted by Gasteiger charge is -2.17. The number of aromatic nitrogens is 6. The highest BCUT2D eigenvalue weighted by atomic mass is 15.2. The molecule has 3 heterocycles. The minimum atomic E-state index is 0.609. The van der Waals surface area contributed by atoms with Crippen LogP contribution in [0.4, 0.5) is 5.69 Å². The second kappa shape index (κ2) is 5.53. The maximum absolute atomic E-state index is 4.56. The molecule has 0 saturated heterocycles. The van der Waals surface area contributed by atoms with Gasteiger partial charge in [0.15, 0.2) is 11.5 Å². The van der Waals surface area contributed by atoms with Crippen molar-refractivity contribution in [2.45, 2.75) is 6.54 Å². The molecule has 3 aromatic heterocycles. The van der Waals surface area contributed by atoms with E-state index >= 15 is 0 Å². The molecule has 0 aliphatic carbocycles. The minimum Gasteiger partial charge on any atom is -0.365 e.